The molecule has 3 rings (SSSR count). The van der Waals surface area contributed by atoms with E-state index in [1.54, 1.807) is 7.11 Å². The van der Waals surface area contributed by atoms with E-state index in [9.17, 15) is 0 Å². The van der Waals surface area contributed by atoms with E-state index in [1.165, 1.54) is 10.9 Å². The maximum Gasteiger partial charge on any atom is 0.161 e. The molecule has 0 saturated heterocycles. The smallest absolute Gasteiger partial charge is 0.161 e. The van der Waals surface area contributed by atoms with Crippen LogP contribution in [-0.2, 0) is 20.2 Å². The molecule has 0 bridgehead atoms. The van der Waals surface area contributed by atoms with Crippen LogP contribution in [0.4, 0.5) is 0 Å². The van der Waals surface area contributed by atoms with Crippen molar-refractivity contribution >= 4 is 10.9 Å². The number of rotatable bonds is 5. The van der Waals surface area contributed by atoms with Gasteiger partial charge in [0, 0.05) is 19.1 Å². The molecule has 0 amide bonds. The number of methoxy groups -OCH3 is 1. The Morgan fingerprint density at radius 2 is 1.82 bits per heavy atom. The van der Waals surface area contributed by atoms with Crippen molar-refractivity contribution in [1.29, 1.82) is 0 Å². The summed E-state index contributed by atoms with van der Waals surface area (Å²) in [6.07, 6.45) is 0. The number of hydrogen-bond acceptors (Lipinski definition) is 3. The molecule has 3 aromatic rings. The van der Waals surface area contributed by atoms with Crippen LogP contribution in [-0.4, -0.2) is 11.7 Å². The second-order valence-corrected chi connectivity index (χ2v) is 5.23. The first kappa shape index (κ1) is 14.5. The molecule has 0 spiro atoms. The predicted molar refractivity (Wildman–Crippen MR) is 88.1 cm³/mol. The molecule has 0 atom stereocenters. The zero-order valence-electron chi connectivity index (χ0n) is 12.9. The Morgan fingerprint density at radius 3 is 2.55 bits per heavy atom. The van der Waals surface area contributed by atoms with Crippen LogP contribution in [0.2, 0.25) is 0 Å². The summed E-state index contributed by atoms with van der Waals surface area (Å²) in [5.41, 5.74) is 9.12. The summed E-state index contributed by atoms with van der Waals surface area (Å²) >= 11 is 0. The molecule has 4 heteroatoms. The number of benzene rings is 2. The molecule has 22 heavy (non-hydrogen) atoms. The Kier molecular flexibility index (Phi) is 4.02. The summed E-state index contributed by atoms with van der Waals surface area (Å²) < 4.78 is 13.4. The molecule has 1 aromatic heterocycles. The summed E-state index contributed by atoms with van der Waals surface area (Å²) in [4.78, 5) is 0. The molecule has 4 nitrogen and oxygen atoms in total. The van der Waals surface area contributed by atoms with E-state index in [-0.39, 0.29) is 0 Å². The number of fused-ring (bicyclic) bond motifs is 1. The number of ether oxygens (including phenoxy) is 2. The van der Waals surface area contributed by atoms with Gasteiger partial charge in [-0.2, -0.15) is 0 Å². The van der Waals surface area contributed by atoms with Crippen LogP contribution < -0.4 is 15.2 Å². The Bertz CT molecular complexity index is 793. The van der Waals surface area contributed by atoms with Crippen LogP contribution in [0.3, 0.4) is 0 Å². The maximum absolute atomic E-state index is 5.91. The van der Waals surface area contributed by atoms with Crippen molar-refractivity contribution in [2.24, 2.45) is 12.8 Å². The first-order chi connectivity index (χ1) is 10.7. The van der Waals surface area contributed by atoms with Gasteiger partial charge in [-0.3, -0.25) is 0 Å². The van der Waals surface area contributed by atoms with Crippen molar-refractivity contribution in [2.75, 3.05) is 7.11 Å². The Morgan fingerprint density at radius 1 is 1.05 bits per heavy atom. The van der Waals surface area contributed by atoms with Gasteiger partial charge in [0.05, 0.1) is 12.8 Å². The van der Waals surface area contributed by atoms with E-state index < -0.39 is 0 Å². The highest BCUT2D eigenvalue weighted by Crippen LogP contribution is 2.27. The van der Waals surface area contributed by atoms with Crippen molar-refractivity contribution in [1.82, 2.24) is 4.57 Å². The van der Waals surface area contributed by atoms with E-state index in [0.29, 0.717) is 13.2 Å². The van der Waals surface area contributed by atoms with Gasteiger partial charge in [-0.1, -0.05) is 24.3 Å². The molecule has 0 radical (unpaired) electrons. The molecule has 1 heterocycles. The molecular weight excluding hydrogens is 276 g/mol. The fourth-order valence-electron chi connectivity index (χ4n) is 2.59. The van der Waals surface area contributed by atoms with Crippen LogP contribution in [0.5, 0.6) is 11.5 Å². The van der Waals surface area contributed by atoms with Crippen LogP contribution in [0.15, 0.2) is 48.5 Å². The molecular formula is C18H20N2O2. The Balaban J connectivity index is 1.86. The largest absolute Gasteiger partial charge is 0.493 e. The molecule has 0 aliphatic heterocycles. The number of nitrogens with zero attached hydrogens (tertiary/aromatic N) is 1. The molecule has 114 valence electrons. The molecule has 0 fully saturated rings. The van der Waals surface area contributed by atoms with Gasteiger partial charge in [0.25, 0.3) is 0 Å². The third-order valence-corrected chi connectivity index (χ3v) is 3.89. The monoisotopic (exact) mass is 296 g/mol. The second kappa shape index (κ2) is 6.12. The lowest BCUT2D eigenvalue weighted by Gasteiger charge is -2.11. The fraction of sp³-hybridized carbons (Fsp3) is 0.222. The minimum Gasteiger partial charge on any atom is -0.493 e. The van der Waals surface area contributed by atoms with Gasteiger partial charge in [-0.05, 0) is 35.2 Å². The summed E-state index contributed by atoms with van der Waals surface area (Å²) in [5.74, 6) is 1.49. The number of para-hydroxylation sites is 2. The van der Waals surface area contributed by atoms with Crippen LogP contribution in [0.1, 0.15) is 11.3 Å². The van der Waals surface area contributed by atoms with Crippen molar-refractivity contribution in [3.05, 3.63) is 59.8 Å². The molecule has 0 aliphatic carbocycles. The van der Waals surface area contributed by atoms with E-state index in [4.69, 9.17) is 15.2 Å². The summed E-state index contributed by atoms with van der Waals surface area (Å²) in [7, 11) is 3.69. The summed E-state index contributed by atoms with van der Waals surface area (Å²) in [5, 5.41) is 1.19. The Labute approximate surface area is 130 Å². The van der Waals surface area contributed by atoms with Gasteiger partial charge < -0.3 is 19.8 Å². The summed E-state index contributed by atoms with van der Waals surface area (Å²) in [6.45, 7) is 1.04. The average Bonchev–Trinajstić information content (AvgIpc) is 2.88. The number of hydrogen-bond donors (Lipinski definition) is 1. The highest BCUT2D eigenvalue weighted by atomic mass is 16.5. The van der Waals surface area contributed by atoms with Crippen molar-refractivity contribution in [3.63, 3.8) is 0 Å². The third-order valence-electron chi connectivity index (χ3n) is 3.89. The highest BCUT2D eigenvalue weighted by Gasteiger charge is 2.09. The molecule has 0 aliphatic rings. The lowest BCUT2D eigenvalue weighted by molar-refractivity contribution is 0.278. The third kappa shape index (κ3) is 2.65. The molecule has 2 N–H and O–H groups in total. The molecule has 0 unspecified atom stereocenters. The van der Waals surface area contributed by atoms with Gasteiger partial charge in [0.15, 0.2) is 11.5 Å². The van der Waals surface area contributed by atoms with Crippen LogP contribution >= 0.6 is 0 Å². The lowest BCUT2D eigenvalue weighted by Crippen LogP contribution is -2.03. The first-order valence-electron chi connectivity index (χ1n) is 7.26. The average molecular weight is 296 g/mol. The number of aromatic nitrogens is 1. The van der Waals surface area contributed by atoms with E-state index >= 15 is 0 Å². The summed E-state index contributed by atoms with van der Waals surface area (Å²) in [6, 6.07) is 16.1. The highest BCUT2D eigenvalue weighted by molar-refractivity contribution is 5.82. The van der Waals surface area contributed by atoms with Gasteiger partial charge in [-0.25, -0.2) is 0 Å². The maximum atomic E-state index is 5.91. The minimum atomic E-state index is 0.490. The SMILES string of the molecule is COc1ccccc1OCc1cc2ccc(CN)cc2n1C. The molecule has 0 saturated carbocycles. The van der Waals surface area contributed by atoms with Crippen LogP contribution in [0.25, 0.3) is 10.9 Å². The molecule has 2 aromatic carbocycles. The van der Waals surface area contributed by atoms with Gasteiger partial charge in [0.1, 0.15) is 6.61 Å². The normalized spacial score (nSPS) is 10.9. The quantitative estimate of drug-likeness (QED) is 0.786. The van der Waals surface area contributed by atoms with E-state index in [2.05, 4.69) is 28.8 Å². The zero-order valence-corrected chi connectivity index (χ0v) is 12.9. The van der Waals surface area contributed by atoms with E-state index in [1.807, 2.05) is 31.3 Å². The van der Waals surface area contributed by atoms with Crippen molar-refractivity contribution in [3.8, 4) is 11.5 Å². The lowest BCUT2D eigenvalue weighted by atomic mass is 10.1. The predicted octanol–water partition coefficient (Wildman–Crippen LogP) is 3.22. The van der Waals surface area contributed by atoms with Gasteiger partial charge >= 0.3 is 0 Å². The van der Waals surface area contributed by atoms with Crippen molar-refractivity contribution in [2.45, 2.75) is 13.2 Å². The minimum absolute atomic E-state index is 0.490. The zero-order chi connectivity index (χ0) is 15.5. The fourth-order valence-corrected chi connectivity index (χ4v) is 2.59. The van der Waals surface area contributed by atoms with Gasteiger partial charge in [0.2, 0.25) is 0 Å². The standard InChI is InChI=1S/C18H20N2O2/c1-20-15(10-14-8-7-13(11-19)9-16(14)20)12-22-18-6-4-3-5-17(18)21-2/h3-10H,11-12,19H2,1-2H3. The second-order valence-electron chi connectivity index (χ2n) is 5.23. The number of nitrogens with two attached hydrogens (primary N) is 1. The van der Waals surface area contributed by atoms with Crippen LogP contribution in [0, 0.1) is 0 Å². The Hall–Kier alpha value is -2.46. The van der Waals surface area contributed by atoms with Crippen molar-refractivity contribution < 1.29 is 9.47 Å². The topological polar surface area (TPSA) is 49.4 Å². The van der Waals surface area contributed by atoms with Gasteiger partial charge in [-0.15, -0.1) is 0 Å². The first-order valence-corrected chi connectivity index (χ1v) is 7.26. The number of aryl methyl sites for hydroxylation is 1. The van der Waals surface area contributed by atoms with E-state index in [0.717, 1.165) is 22.8 Å².